The van der Waals surface area contributed by atoms with Crippen LogP contribution >= 0.6 is 11.3 Å². The number of hydrogen-bond donors (Lipinski definition) is 1. The third-order valence-corrected chi connectivity index (χ3v) is 4.99. The minimum Gasteiger partial charge on any atom is -0.463 e. The predicted octanol–water partition coefficient (Wildman–Crippen LogP) is 5.05. The number of furan rings is 1. The van der Waals surface area contributed by atoms with E-state index in [0.717, 1.165) is 37.1 Å². The molecule has 3 aromatic heterocycles. The highest BCUT2D eigenvalue weighted by atomic mass is 32.1. The van der Waals surface area contributed by atoms with E-state index < -0.39 is 0 Å². The summed E-state index contributed by atoms with van der Waals surface area (Å²) in [6.45, 7) is 6.12. The average Bonchev–Trinajstić information content (AvgIpc) is 3.34. The Hall–Kier alpha value is -2.41. The molecule has 0 unspecified atom stereocenters. The van der Waals surface area contributed by atoms with Gasteiger partial charge in [0.2, 0.25) is 11.0 Å². The van der Waals surface area contributed by atoms with Crippen molar-refractivity contribution in [1.29, 1.82) is 0 Å². The number of rotatable bonds is 8. The second-order valence-corrected chi connectivity index (χ2v) is 7.18. The molecule has 0 atom stereocenters. The number of thiazole rings is 1. The summed E-state index contributed by atoms with van der Waals surface area (Å²) in [6, 6.07) is 5.58. The van der Waals surface area contributed by atoms with Gasteiger partial charge < -0.3 is 9.73 Å². The van der Waals surface area contributed by atoms with Gasteiger partial charge in [0.05, 0.1) is 12.0 Å². The van der Waals surface area contributed by atoms with Crippen LogP contribution in [0.4, 0.5) is 5.82 Å². The highest BCUT2D eigenvalue weighted by molar-refractivity contribution is 7.12. The van der Waals surface area contributed by atoms with Crippen LogP contribution < -0.4 is 5.32 Å². The molecular formula is C19H24N4O2S. The normalized spacial score (nSPS) is 11.2. The van der Waals surface area contributed by atoms with Crippen molar-refractivity contribution in [2.45, 2.75) is 46.5 Å². The van der Waals surface area contributed by atoms with E-state index in [0.29, 0.717) is 16.7 Å². The highest BCUT2D eigenvalue weighted by Gasteiger charge is 2.20. The van der Waals surface area contributed by atoms with Crippen LogP contribution in [0.15, 0.2) is 34.3 Å². The maximum Gasteiger partial charge on any atom is 0.228 e. The fourth-order valence-electron chi connectivity index (χ4n) is 2.97. The quantitative estimate of drug-likeness (QED) is 0.600. The average molecular weight is 372 g/mol. The van der Waals surface area contributed by atoms with Crippen molar-refractivity contribution in [1.82, 2.24) is 14.8 Å². The lowest BCUT2D eigenvalue weighted by Crippen LogP contribution is -2.24. The summed E-state index contributed by atoms with van der Waals surface area (Å²) in [5.74, 6) is 1.46. The van der Waals surface area contributed by atoms with Crippen LogP contribution in [0.2, 0.25) is 0 Å². The molecule has 0 fully saturated rings. The van der Waals surface area contributed by atoms with E-state index in [9.17, 15) is 4.79 Å². The zero-order valence-corrected chi connectivity index (χ0v) is 16.2. The summed E-state index contributed by atoms with van der Waals surface area (Å²) in [5.41, 5.74) is 1.59. The van der Waals surface area contributed by atoms with Gasteiger partial charge in [-0.05, 0) is 31.9 Å². The first-order valence-corrected chi connectivity index (χ1v) is 9.87. The standard InChI is InChI=1S/C19H24N4O2S/c1-4-7-14(8-5-2)18(24)21-17-11-13(3)22-23(17)19-20-15(12-26-19)16-9-6-10-25-16/h6,9-12,14H,4-5,7-8H2,1-3H3,(H,21,24). The molecule has 0 spiro atoms. The molecule has 0 aromatic carbocycles. The number of nitrogens with one attached hydrogen (secondary N) is 1. The number of carbonyl (C=O) groups is 1. The van der Waals surface area contributed by atoms with Crippen LogP contribution in [0, 0.1) is 12.8 Å². The lowest BCUT2D eigenvalue weighted by atomic mass is 9.97. The highest BCUT2D eigenvalue weighted by Crippen LogP contribution is 2.27. The Morgan fingerprint density at radius 1 is 1.35 bits per heavy atom. The molecule has 0 radical (unpaired) electrons. The Morgan fingerprint density at radius 3 is 2.77 bits per heavy atom. The van der Waals surface area contributed by atoms with Crippen molar-refractivity contribution >= 4 is 23.1 Å². The molecule has 0 bridgehead atoms. The van der Waals surface area contributed by atoms with E-state index >= 15 is 0 Å². The largest absolute Gasteiger partial charge is 0.463 e. The molecule has 1 N–H and O–H groups in total. The Morgan fingerprint density at radius 2 is 2.12 bits per heavy atom. The van der Waals surface area contributed by atoms with E-state index in [4.69, 9.17) is 4.42 Å². The van der Waals surface area contributed by atoms with Crippen LogP contribution in [0.1, 0.15) is 45.2 Å². The summed E-state index contributed by atoms with van der Waals surface area (Å²) in [5, 5.41) is 10.2. The SMILES string of the molecule is CCCC(CCC)C(=O)Nc1cc(C)nn1-c1nc(-c2ccco2)cs1. The van der Waals surface area contributed by atoms with Crippen molar-refractivity contribution < 1.29 is 9.21 Å². The van der Waals surface area contributed by atoms with E-state index in [1.165, 1.54) is 11.3 Å². The van der Waals surface area contributed by atoms with Crippen LogP contribution in [0.3, 0.4) is 0 Å². The zero-order chi connectivity index (χ0) is 18.5. The van der Waals surface area contributed by atoms with E-state index in [-0.39, 0.29) is 11.8 Å². The van der Waals surface area contributed by atoms with Gasteiger partial charge in [-0.15, -0.1) is 11.3 Å². The molecule has 0 aliphatic heterocycles. The maximum absolute atomic E-state index is 12.7. The van der Waals surface area contributed by atoms with Gasteiger partial charge in [-0.25, -0.2) is 4.98 Å². The Balaban J connectivity index is 1.83. The number of hydrogen-bond acceptors (Lipinski definition) is 5. The van der Waals surface area contributed by atoms with Gasteiger partial charge in [-0.2, -0.15) is 9.78 Å². The molecule has 0 aliphatic carbocycles. The van der Waals surface area contributed by atoms with Gasteiger partial charge in [0.15, 0.2) is 5.76 Å². The van der Waals surface area contributed by atoms with Crippen molar-refractivity contribution in [3.05, 3.63) is 35.5 Å². The van der Waals surface area contributed by atoms with Crippen LogP contribution in [-0.4, -0.2) is 20.7 Å². The molecule has 3 aromatic rings. The van der Waals surface area contributed by atoms with Gasteiger partial charge in [-0.1, -0.05) is 26.7 Å². The third kappa shape index (κ3) is 4.04. The number of aryl methyl sites for hydroxylation is 1. The molecule has 0 saturated carbocycles. The Kier molecular flexibility index (Phi) is 5.88. The smallest absolute Gasteiger partial charge is 0.228 e. The predicted molar refractivity (Wildman–Crippen MR) is 104 cm³/mol. The maximum atomic E-state index is 12.7. The van der Waals surface area contributed by atoms with Gasteiger partial charge in [0, 0.05) is 17.4 Å². The zero-order valence-electron chi connectivity index (χ0n) is 15.4. The monoisotopic (exact) mass is 372 g/mol. The third-order valence-electron chi connectivity index (χ3n) is 4.17. The summed E-state index contributed by atoms with van der Waals surface area (Å²) in [7, 11) is 0. The van der Waals surface area contributed by atoms with E-state index in [1.54, 1.807) is 10.9 Å². The lowest BCUT2D eigenvalue weighted by molar-refractivity contribution is -0.120. The van der Waals surface area contributed by atoms with Gasteiger partial charge in [0.1, 0.15) is 11.5 Å². The Bertz CT molecular complexity index is 845. The lowest BCUT2D eigenvalue weighted by Gasteiger charge is -2.15. The van der Waals surface area contributed by atoms with Crippen molar-refractivity contribution in [2.24, 2.45) is 5.92 Å². The first kappa shape index (κ1) is 18.4. The van der Waals surface area contributed by atoms with Crippen molar-refractivity contribution in [3.63, 3.8) is 0 Å². The van der Waals surface area contributed by atoms with Crippen LogP contribution in [0.5, 0.6) is 0 Å². The van der Waals surface area contributed by atoms with Crippen LogP contribution in [0.25, 0.3) is 16.6 Å². The first-order valence-electron chi connectivity index (χ1n) is 8.99. The molecule has 0 aliphatic rings. The fourth-order valence-corrected chi connectivity index (χ4v) is 3.74. The topological polar surface area (TPSA) is 73.0 Å². The summed E-state index contributed by atoms with van der Waals surface area (Å²) < 4.78 is 7.09. The summed E-state index contributed by atoms with van der Waals surface area (Å²) >= 11 is 1.46. The van der Waals surface area contributed by atoms with E-state index in [1.807, 2.05) is 30.5 Å². The van der Waals surface area contributed by atoms with Crippen molar-refractivity contribution in [3.8, 4) is 16.6 Å². The molecular weight excluding hydrogens is 348 g/mol. The minimum absolute atomic E-state index is 0.0311. The second kappa shape index (κ2) is 8.31. The molecule has 1 amide bonds. The van der Waals surface area contributed by atoms with E-state index in [2.05, 4.69) is 29.2 Å². The van der Waals surface area contributed by atoms with Crippen LogP contribution in [-0.2, 0) is 4.79 Å². The van der Waals surface area contributed by atoms with Gasteiger partial charge in [-0.3, -0.25) is 4.79 Å². The molecule has 0 saturated heterocycles. The molecule has 7 heteroatoms. The van der Waals surface area contributed by atoms with Gasteiger partial charge >= 0.3 is 0 Å². The molecule has 138 valence electrons. The molecule has 6 nitrogen and oxygen atoms in total. The molecule has 3 heterocycles. The molecule has 3 rings (SSSR count). The number of aromatic nitrogens is 3. The van der Waals surface area contributed by atoms with Crippen molar-refractivity contribution in [2.75, 3.05) is 5.32 Å². The molecule has 26 heavy (non-hydrogen) atoms. The number of anilines is 1. The summed E-state index contributed by atoms with van der Waals surface area (Å²) in [4.78, 5) is 17.3. The number of amides is 1. The first-order chi connectivity index (χ1) is 12.6. The second-order valence-electron chi connectivity index (χ2n) is 6.34. The number of nitrogens with zero attached hydrogens (tertiary/aromatic N) is 3. The summed E-state index contributed by atoms with van der Waals surface area (Å²) in [6.07, 6.45) is 5.41. The minimum atomic E-state index is 0.0311. The van der Waals surface area contributed by atoms with Gasteiger partial charge in [0.25, 0.3) is 0 Å². The number of carbonyl (C=O) groups excluding carboxylic acids is 1. The Labute approximate surface area is 157 Å². The fraction of sp³-hybridized carbons (Fsp3) is 0.421.